The predicted molar refractivity (Wildman–Crippen MR) is 488 cm³/mol. The molecule has 33 heteroatoms. The fourth-order valence-electron chi connectivity index (χ4n) is 15.5. The van der Waals surface area contributed by atoms with Gasteiger partial charge in [0.1, 0.15) is 48.7 Å². The van der Waals surface area contributed by atoms with Crippen molar-refractivity contribution in [3.8, 4) is 0 Å². The number of furan rings is 1. The van der Waals surface area contributed by atoms with E-state index >= 15 is 0 Å². The van der Waals surface area contributed by atoms with E-state index in [4.69, 9.17) is 66.0 Å². The number of benzene rings is 3. The molecule has 10 aliphatic heterocycles. The molecular weight excluding hydrogens is 1750 g/mol. The van der Waals surface area contributed by atoms with Gasteiger partial charge in [0.05, 0.1) is 157 Å². The molecule has 0 unspecified atom stereocenters. The number of methoxy groups -OCH3 is 5. The van der Waals surface area contributed by atoms with Crippen molar-refractivity contribution >= 4 is 66.0 Å². The Morgan fingerprint density at radius 2 is 0.911 bits per heavy atom. The van der Waals surface area contributed by atoms with E-state index in [0.717, 1.165) is 76.6 Å². The third kappa shape index (κ3) is 37.4. The van der Waals surface area contributed by atoms with Gasteiger partial charge in [0, 0.05) is 18.2 Å². The van der Waals surface area contributed by atoms with Crippen LogP contribution in [0.4, 0.5) is 0 Å². The van der Waals surface area contributed by atoms with Crippen LogP contribution in [0, 0.1) is 23.7 Å². The minimum Gasteiger partial charge on any atom is -0.469 e. The van der Waals surface area contributed by atoms with Gasteiger partial charge < -0.3 is 110 Å². The number of fused-ring (bicyclic) bond motifs is 4. The van der Waals surface area contributed by atoms with Crippen LogP contribution in [0.15, 0.2) is 213 Å². The van der Waals surface area contributed by atoms with E-state index in [2.05, 4.69) is 57.3 Å². The third-order valence-electron chi connectivity index (χ3n) is 23.6. The summed E-state index contributed by atoms with van der Waals surface area (Å²) in [6.07, 6.45) is 28.9. The molecule has 3 aromatic carbocycles. The second-order valence-corrected chi connectivity index (χ2v) is 33.0. The van der Waals surface area contributed by atoms with Gasteiger partial charge in [0.2, 0.25) is 18.9 Å². The Morgan fingerprint density at radius 3 is 1.38 bits per heavy atom. The lowest BCUT2D eigenvalue weighted by molar-refractivity contribution is -0.221. The van der Waals surface area contributed by atoms with Gasteiger partial charge >= 0.3 is 59.7 Å². The van der Waals surface area contributed by atoms with Crippen LogP contribution in [0.1, 0.15) is 193 Å². The highest BCUT2D eigenvalue weighted by molar-refractivity contribution is 5.91. The first-order chi connectivity index (χ1) is 65.0. The molecule has 6 fully saturated rings. The topological polar surface area (TPSA) is 428 Å². The zero-order valence-corrected chi connectivity index (χ0v) is 78.3. The molecule has 738 valence electrons. The van der Waals surface area contributed by atoms with Crippen LogP contribution >= 0.6 is 0 Å². The quantitative estimate of drug-likeness (QED) is 0.0173. The molecule has 25 atom stereocenters. The van der Waals surface area contributed by atoms with Crippen molar-refractivity contribution in [2.75, 3.05) is 35.5 Å². The van der Waals surface area contributed by atoms with E-state index in [1.165, 1.54) is 53.8 Å². The minimum absolute atomic E-state index is 0.0182. The lowest BCUT2D eigenvalue weighted by Crippen LogP contribution is -2.54. The molecule has 10 aliphatic rings. The van der Waals surface area contributed by atoms with Crippen molar-refractivity contribution in [2.45, 2.75) is 279 Å². The lowest BCUT2D eigenvalue weighted by Gasteiger charge is -2.47. The Balaban J connectivity index is 0.000000214. The molecule has 6 saturated heterocycles. The van der Waals surface area contributed by atoms with E-state index in [-0.39, 0.29) is 158 Å². The van der Waals surface area contributed by atoms with Gasteiger partial charge in [-0.3, -0.25) is 19.2 Å². The summed E-state index contributed by atoms with van der Waals surface area (Å²) in [6, 6.07) is 29.8. The fraction of sp³-hybridized carbons (Fsp3) is 0.520. The number of ether oxygens (including phenoxy) is 18. The number of hydrogen-bond donors (Lipinski definition) is 3. The van der Waals surface area contributed by atoms with Crippen LogP contribution in [-0.2, 0) is 124 Å². The maximum atomic E-state index is 12.0. The van der Waals surface area contributed by atoms with Crippen LogP contribution in [-0.4, -0.2) is 239 Å². The molecule has 3 N–H and O–H groups in total. The number of carbonyl (C=O) groups excluding carboxylic acids is 11. The number of aliphatic hydroxyl groups excluding tert-OH is 3. The van der Waals surface area contributed by atoms with Gasteiger partial charge in [-0.1, -0.05) is 132 Å². The minimum atomic E-state index is -0.851. The number of aldehydes is 1. The van der Waals surface area contributed by atoms with Gasteiger partial charge in [0.15, 0.2) is 0 Å². The Kier molecular flexibility index (Phi) is 48.9. The molecule has 33 nitrogen and oxygen atoms in total. The van der Waals surface area contributed by atoms with Gasteiger partial charge in [-0.2, -0.15) is 0 Å². The zero-order valence-electron chi connectivity index (χ0n) is 78.3. The molecule has 4 aromatic rings. The van der Waals surface area contributed by atoms with E-state index in [1.54, 1.807) is 128 Å². The predicted octanol–water partition coefficient (Wildman–Crippen LogP) is 13.4. The maximum absolute atomic E-state index is 12.0. The number of carbonyl (C=O) groups is 11. The Morgan fingerprint density at radius 1 is 0.459 bits per heavy atom. The average Bonchev–Trinajstić information content (AvgIpc) is 0.868. The van der Waals surface area contributed by atoms with Crippen molar-refractivity contribution in [2.24, 2.45) is 23.7 Å². The highest BCUT2D eigenvalue weighted by atomic mass is 16.7. The average molecular weight is 1890 g/mol. The van der Waals surface area contributed by atoms with Crippen LogP contribution in [0.25, 0.3) is 0 Å². The SMILES string of the molecule is C=CC(=O)OC.C=CCC[C@@H]1O[C@@H](OC(=O)c2ccccc2)C=C[C@H]1O.C=CCC[C@H](O)c1ccco1.CC[C@H]1CC[C@@H]2O[C@@H](OC(=O)c3ccccc3)C=C[C@H]2O1.COC(=O)/C=C/CC[C@@H]1O[C@@H](OC(=O)c2ccccc2)C=C[C@H]1O.COC(=O)C[C@H]1CC[C@@H]2OC(=O)C=C[C@H]2O1.COC(=O)C[C@H]1CC[C@@H]2OC(=O)[C@@H](C)[C@@H](C)[C@H]2O1.COC(=O)C[C@H]1CC[C@@H]2O[C@@H](C=O)[C@@H](C)[C@@H](C)[C@H]2O1. The molecule has 1 aromatic heterocycles. The Labute approximate surface area is 788 Å². The summed E-state index contributed by atoms with van der Waals surface area (Å²) in [4.78, 5) is 124. The Bertz CT molecular complexity index is 4480. The number of rotatable bonds is 26. The zero-order chi connectivity index (χ0) is 98.3. The number of aliphatic hydroxyl groups is 3. The Hall–Kier alpha value is -11.2. The summed E-state index contributed by atoms with van der Waals surface area (Å²) in [7, 11) is 6.73. The standard InChI is InChI=1S/C18H20O6.C17H20O4.C16H18O4.C14H22O5.C13H20O5.C11H14O5.C9H12O2.C4H6O2/c1-22-16(20)10-6-5-9-15-14(19)11-12-17(23-15)24-18(21)13-7-3-2-4-8-13;1-2-13-8-9-15-14(19-13)10-11-16(20-15)21-17(18)12-6-4-3-5-7-12;1-2-3-9-14-13(17)10-11-15(19-14)20-16(18)12-7-5-4-6-8-12;1-8-9(2)14-11(19-12(8)7-15)5-4-10(18-14)6-13(16)17-3;1-7-8(2)13(15)18-10-5-4-9(17-12(7)10)6-11(14)16-3;1-14-11(13)6-7-2-3-9-8(15-7)4-5-10(12)16-9;1-2-3-5-8(10)9-6-4-7-11-9;1-3-4(5)6-2/h2-4,6-8,10-12,14-15,17,19H,5,9H2,1H3;3-7,10-11,13-16H,2,8-9H2,1H3;2,4-8,10-11,13-15,17H,1,3,9H2;7-12,14H,4-6H2,1-3H3;7-10,12H,4-6H2,1-3H3;4-5,7-9H,2-3,6H2,1H3;2,4,6-8,10H,1,3,5H2;3H,1H2,2H3/b10-6+;;;;;;;/t14-,15+,17+;13-,14+,15-,16-;13-,14+,15+;8-,9+,10+,11-,12-,14+;7-,8+,9-,10+,12-;7-,8-,9+;8-;/m1010110./s1. The second-order valence-electron chi connectivity index (χ2n) is 33.0. The molecule has 135 heavy (non-hydrogen) atoms. The largest absolute Gasteiger partial charge is 0.469 e. The third-order valence-corrected chi connectivity index (χ3v) is 23.6. The van der Waals surface area contributed by atoms with Crippen LogP contribution in [0.5, 0.6) is 0 Å². The first kappa shape index (κ1) is 111. The summed E-state index contributed by atoms with van der Waals surface area (Å²) >= 11 is 0. The lowest BCUT2D eigenvalue weighted by atomic mass is 9.79. The van der Waals surface area contributed by atoms with Crippen LogP contribution in [0.2, 0.25) is 0 Å². The highest BCUT2D eigenvalue weighted by Gasteiger charge is 2.48. The van der Waals surface area contributed by atoms with Gasteiger partial charge in [-0.05, 0) is 187 Å². The molecule has 0 bridgehead atoms. The molecule has 0 spiro atoms. The van der Waals surface area contributed by atoms with Gasteiger partial charge in [-0.25, -0.2) is 28.8 Å². The first-order valence-electron chi connectivity index (χ1n) is 45.6. The molecule has 0 aliphatic carbocycles. The van der Waals surface area contributed by atoms with E-state index in [0.29, 0.717) is 60.7 Å². The normalized spacial score (nSPS) is 29.2. The summed E-state index contributed by atoms with van der Waals surface area (Å²) in [5.41, 5.74) is 1.43. The number of allylic oxidation sites excluding steroid dienone is 3. The summed E-state index contributed by atoms with van der Waals surface area (Å²) < 4.78 is 100. The number of esters is 10. The molecule has 0 radical (unpaired) electrons. The smallest absolute Gasteiger partial charge is 0.340 e. The van der Waals surface area contributed by atoms with Crippen molar-refractivity contribution < 1.29 is 158 Å². The van der Waals surface area contributed by atoms with Crippen molar-refractivity contribution in [1.82, 2.24) is 0 Å². The molecule has 11 heterocycles. The summed E-state index contributed by atoms with van der Waals surface area (Å²) in [5.74, 6) is -2.40. The maximum Gasteiger partial charge on any atom is 0.340 e. The monoisotopic (exact) mass is 1880 g/mol. The van der Waals surface area contributed by atoms with E-state index in [9.17, 15) is 68.1 Å². The van der Waals surface area contributed by atoms with E-state index < -0.39 is 67.2 Å². The first-order valence-corrected chi connectivity index (χ1v) is 45.6. The molecular formula is C102H132O33. The van der Waals surface area contributed by atoms with Crippen LogP contribution in [0.3, 0.4) is 0 Å². The molecule has 0 saturated carbocycles. The van der Waals surface area contributed by atoms with Gasteiger partial charge in [0.25, 0.3) is 0 Å². The molecule has 14 rings (SSSR count). The summed E-state index contributed by atoms with van der Waals surface area (Å²) in [5, 5.41) is 29.1. The number of hydrogen-bond acceptors (Lipinski definition) is 33. The van der Waals surface area contributed by atoms with Gasteiger partial charge in [-0.15, -0.1) is 13.2 Å². The fourth-order valence-corrected chi connectivity index (χ4v) is 15.5. The summed E-state index contributed by atoms with van der Waals surface area (Å²) in [6.45, 7) is 20.4. The van der Waals surface area contributed by atoms with Crippen molar-refractivity contribution in [1.29, 1.82) is 0 Å². The van der Waals surface area contributed by atoms with Crippen molar-refractivity contribution in [3.05, 3.63) is 231 Å². The second kappa shape index (κ2) is 59.6. The van der Waals surface area contributed by atoms with Crippen LogP contribution < -0.4 is 0 Å². The van der Waals surface area contributed by atoms with Crippen molar-refractivity contribution in [3.63, 3.8) is 0 Å². The highest BCUT2D eigenvalue weighted by Crippen LogP contribution is 2.40. The van der Waals surface area contributed by atoms with E-state index in [1.807, 2.05) is 57.2 Å². The molecule has 0 amide bonds.